The fourth-order valence-electron chi connectivity index (χ4n) is 3.20. The smallest absolute Gasteiger partial charge is 0.332 e. The molecule has 3 rings (SSSR count). The first-order valence-corrected chi connectivity index (χ1v) is 10.5. The summed E-state index contributed by atoms with van der Waals surface area (Å²) in [5.41, 5.74) is 0.398. The van der Waals surface area contributed by atoms with Gasteiger partial charge in [0.25, 0.3) is 5.56 Å². The number of nitrogens with one attached hydrogen (secondary N) is 1. The molecule has 0 saturated heterocycles. The van der Waals surface area contributed by atoms with Crippen molar-refractivity contribution in [1.82, 2.24) is 14.1 Å². The Morgan fingerprint density at radius 3 is 2.53 bits per heavy atom. The van der Waals surface area contributed by atoms with E-state index in [0.29, 0.717) is 27.6 Å². The number of nitrogens with zero attached hydrogens (tertiary/aromatic N) is 3. The average molecular weight is 461 g/mol. The van der Waals surface area contributed by atoms with E-state index in [2.05, 4.69) is 10.3 Å². The molecule has 10 nitrogen and oxygen atoms in total. The van der Waals surface area contributed by atoms with Crippen molar-refractivity contribution in [3.8, 4) is 11.5 Å². The minimum atomic E-state index is -0.481. The predicted octanol–water partition coefficient (Wildman–Crippen LogP) is 1.53. The number of carbonyl (C=O) groups excluding carboxylic acids is 1. The van der Waals surface area contributed by atoms with Crippen LogP contribution in [-0.4, -0.2) is 47.1 Å². The summed E-state index contributed by atoms with van der Waals surface area (Å²) < 4.78 is 18.1. The molecule has 1 N–H and O–H groups in total. The van der Waals surface area contributed by atoms with Gasteiger partial charge in [-0.15, -0.1) is 11.8 Å². The fourth-order valence-corrected chi connectivity index (χ4v) is 4.17. The molecule has 0 aliphatic heterocycles. The quantitative estimate of drug-likeness (QED) is 0.504. The second-order valence-electron chi connectivity index (χ2n) is 6.85. The van der Waals surface area contributed by atoms with E-state index in [1.807, 2.05) is 0 Å². The molecule has 1 amide bonds. The molecule has 1 aromatic carbocycles. The second kappa shape index (κ2) is 9.88. The normalized spacial score (nSPS) is 10.9. The van der Waals surface area contributed by atoms with Crippen molar-refractivity contribution >= 4 is 34.4 Å². The maximum atomic E-state index is 12.9. The summed E-state index contributed by atoms with van der Waals surface area (Å²) in [5, 5.41) is 3.07. The summed E-state index contributed by atoms with van der Waals surface area (Å²) in [4.78, 5) is 42.7. The lowest BCUT2D eigenvalue weighted by atomic mass is 10.2. The first kappa shape index (κ1) is 23.4. The van der Waals surface area contributed by atoms with Crippen molar-refractivity contribution < 1.29 is 19.0 Å². The SMILES string of the molecule is COCc1cnc2c(c1SCC(=O)Nc1cc(OC)ccc1OC)c(=O)n(C)c(=O)n2C. The van der Waals surface area contributed by atoms with E-state index in [1.54, 1.807) is 31.4 Å². The third-order valence-corrected chi connectivity index (χ3v) is 5.98. The highest BCUT2D eigenvalue weighted by Crippen LogP contribution is 2.31. The highest BCUT2D eigenvalue weighted by atomic mass is 32.2. The molecule has 0 unspecified atom stereocenters. The average Bonchev–Trinajstić information content (AvgIpc) is 2.80. The molecule has 170 valence electrons. The lowest BCUT2D eigenvalue weighted by Gasteiger charge is -2.15. The molecule has 0 saturated carbocycles. The van der Waals surface area contributed by atoms with Crippen LogP contribution in [0.5, 0.6) is 11.5 Å². The summed E-state index contributed by atoms with van der Waals surface area (Å²) >= 11 is 1.17. The number of aromatic nitrogens is 3. The number of pyridine rings is 1. The largest absolute Gasteiger partial charge is 0.497 e. The number of anilines is 1. The highest BCUT2D eigenvalue weighted by molar-refractivity contribution is 8.00. The van der Waals surface area contributed by atoms with Gasteiger partial charge < -0.3 is 19.5 Å². The summed E-state index contributed by atoms with van der Waals surface area (Å²) in [5.74, 6) is 0.752. The number of ether oxygens (including phenoxy) is 3. The fraction of sp³-hybridized carbons (Fsp3) is 0.333. The molecule has 0 aliphatic rings. The van der Waals surface area contributed by atoms with Crippen molar-refractivity contribution in [1.29, 1.82) is 0 Å². The summed E-state index contributed by atoms with van der Waals surface area (Å²) in [6.45, 7) is 0.197. The van der Waals surface area contributed by atoms with Crippen LogP contribution in [0.3, 0.4) is 0 Å². The molecule has 11 heteroatoms. The topological polar surface area (TPSA) is 114 Å². The Hall–Kier alpha value is -3.31. The van der Waals surface area contributed by atoms with Gasteiger partial charge in [-0.05, 0) is 12.1 Å². The molecule has 3 aromatic rings. The zero-order valence-corrected chi connectivity index (χ0v) is 19.2. The van der Waals surface area contributed by atoms with E-state index >= 15 is 0 Å². The van der Waals surface area contributed by atoms with E-state index < -0.39 is 11.2 Å². The van der Waals surface area contributed by atoms with Crippen LogP contribution < -0.4 is 26.0 Å². The van der Waals surface area contributed by atoms with E-state index in [9.17, 15) is 14.4 Å². The number of aryl methyl sites for hydroxylation is 1. The van der Waals surface area contributed by atoms with Gasteiger partial charge in [-0.2, -0.15) is 0 Å². The van der Waals surface area contributed by atoms with Crippen molar-refractivity contribution in [2.45, 2.75) is 11.5 Å². The molecule has 0 radical (unpaired) electrons. The molecule has 0 bridgehead atoms. The maximum Gasteiger partial charge on any atom is 0.332 e. The predicted molar refractivity (Wildman–Crippen MR) is 122 cm³/mol. The maximum absolute atomic E-state index is 12.9. The molecule has 0 fully saturated rings. The van der Waals surface area contributed by atoms with Gasteiger partial charge in [-0.25, -0.2) is 9.78 Å². The van der Waals surface area contributed by atoms with Gasteiger partial charge in [-0.3, -0.25) is 18.7 Å². The Morgan fingerprint density at radius 1 is 1.12 bits per heavy atom. The Balaban J connectivity index is 1.97. The lowest BCUT2D eigenvalue weighted by molar-refractivity contribution is -0.113. The van der Waals surface area contributed by atoms with Gasteiger partial charge in [0.2, 0.25) is 5.91 Å². The number of amides is 1. The van der Waals surface area contributed by atoms with E-state index in [1.165, 1.54) is 44.7 Å². The number of fused-ring (bicyclic) bond motifs is 1. The molecule has 0 atom stereocenters. The highest BCUT2D eigenvalue weighted by Gasteiger charge is 2.19. The minimum absolute atomic E-state index is 0.00217. The van der Waals surface area contributed by atoms with Crippen LogP contribution in [0, 0.1) is 0 Å². The number of thioether (sulfide) groups is 1. The van der Waals surface area contributed by atoms with Crippen molar-refractivity contribution in [3.63, 3.8) is 0 Å². The van der Waals surface area contributed by atoms with Crippen molar-refractivity contribution in [3.05, 3.63) is 50.8 Å². The Kier molecular flexibility index (Phi) is 7.21. The number of hydrogen-bond donors (Lipinski definition) is 1. The molecule has 0 spiro atoms. The van der Waals surface area contributed by atoms with E-state index in [0.717, 1.165) is 4.57 Å². The summed E-state index contributed by atoms with van der Waals surface area (Å²) in [6.07, 6.45) is 1.55. The first-order chi connectivity index (χ1) is 15.3. The lowest BCUT2D eigenvalue weighted by Crippen LogP contribution is -2.37. The summed E-state index contributed by atoms with van der Waals surface area (Å²) in [7, 11) is 7.52. The molecular formula is C21H24N4O6S. The number of carbonyl (C=O) groups is 1. The Labute approximate surface area is 188 Å². The molecular weight excluding hydrogens is 436 g/mol. The van der Waals surface area contributed by atoms with Gasteiger partial charge in [0.05, 0.1) is 37.7 Å². The Morgan fingerprint density at radius 2 is 1.88 bits per heavy atom. The van der Waals surface area contributed by atoms with Crippen LogP contribution in [0.25, 0.3) is 11.0 Å². The van der Waals surface area contributed by atoms with Crippen LogP contribution in [0.4, 0.5) is 5.69 Å². The number of rotatable bonds is 8. The first-order valence-electron chi connectivity index (χ1n) is 9.53. The zero-order chi connectivity index (χ0) is 23.4. The van der Waals surface area contributed by atoms with Gasteiger partial charge in [0.15, 0.2) is 0 Å². The van der Waals surface area contributed by atoms with E-state index in [-0.39, 0.29) is 29.3 Å². The van der Waals surface area contributed by atoms with Crippen LogP contribution in [-0.2, 0) is 30.2 Å². The third-order valence-electron chi connectivity index (χ3n) is 4.82. The number of benzene rings is 1. The van der Waals surface area contributed by atoms with Gasteiger partial charge in [0.1, 0.15) is 17.1 Å². The van der Waals surface area contributed by atoms with Gasteiger partial charge >= 0.3 is 5.69 Å². The van der Waals surface area contributed by atoms with Crippen LogP contribution in [0.15, 0.2) is 38.9 Å². The Bertz CT molecular complexity index is 1280. The third kappa shape index (κ3) is 4.48. The van der Waals surface area contributed by atoms with Gasteiger partial charge in [-0.1, -0.05) is 0 Å². The van der Waals surface area contributed by atoms with Crippen LogP contribution in [0.2, 0.25) is 0 Å². The standard InChI is InChI=1S/C21H24N4O6S/c1-24-19-17(20(27)25(2)21(24)28)18(12(9-22-19)10-29-3)32-11-16(26)23-14-8-13(30-4)6-7-15(14)31-5/h6-9H,10-11H2,1-5H3,(H,23,26). The second-order valence-corrected chi connectivity index (χ2v) is 7.84. The summed E-state index contributed by atoms with van der Waals surface area (Å²) in [6, 6.07) is 5.08. The zero-order valence-electron chi connectivity index (χ0n) is 18.4. The van der Waals surface area contributed by atoms with Crippen molar-refractivity contribution in [2.75, 3.05) is 32.4 Å². The van der Waals surface area contributed by atoms with Crippen molar-refractivity contribution in [2.24, 2.45) is 14.1 Å². The van der Waals surface area contributed by atoms with Gasteiger partial charge in [0, 0.05) is 43.9 Å². The molecule has 2 aromatic heterocycles. The molecule has 32 heavy (non-hydrogen) atoms. The number of hydrogen-bond acceptors (Lipinski definition) is 8. The van der Waals surface area contributed by atoms with Crippen LogP contribution in [0.1, 0.15) is 5.56 Å². The molecule has 2 heterocycles. The monoisotopic (exact) mass is 460 g/mol. The minimum Gasteiger partial charge on any atom is -0.497 e. The van der Waals surface area contributed by atoms with E-state index in [4.69, 9.17) is 14.2 Å². The molecule has 0 aliphatic carbocycles. The van der Waals surface area contributed by atoms with Crippen LogP contribution >= 0.6 is 11.8 Å². The number of methoxy groups -OCH3 is 3.